The van der Waals surface area contributed by atoms with Crippen LogP contribution in [0.5, 0.6) is 0 Å². The fraction of sp³-hybridized carbons (Fsp3) is 0.750. The molecule has 3 amide bonds. The fourth-order valence-corrected chi connectivity index (χ4v) is 2.39. The number of hydrogen-bond donors (Lipinski definition) is 2. The molecule has 0 saturated carbocycles. The van der Waals surface area contributed by atoms with Crippen LogP contribution in [-0.2, 0) is 14.4 Å². The lowest BCUT2D eigenvalue weighted by atomic mass is 10.1. The highest BCUT2D eigenvalue weighted by Crippen LogP contribution is 2.12. The highest BCUT2D eigenvalue weighted by Gasteiger charge is 2.37. The molecular formula is C12H19N3O3. The van der Waals surface area contributed by atoms with Crippen LogP contribution in [0.25, 0.3) is 0 Å². The van der Waals surface area contributed by atoms with Crippen molar-refractivity contribution in [3.05, 3.63) is 0 Å². The Morgan fingerprint density at radius 2 is 2.11 bits per heavy atom. The summed E-state index contributed by atoms with van der Waals surface area (Å²) in [5, 5.41) is 5.84. The van der Waals surface area contributed by atoms with Crippen molar-refractivity contribution >= 4 is 17.7 Å². The van der Waals surface area contributed by atoms with E-state index in [2.05, 4.69) is 10.6 Å². The summed E-state index contributed by atoms with van der Waals surface area (Å²) in [5.74, 6) is -0.723. The van der Waals surface area contributed by atoms with Gasteiger partial charge in [0.1, 0.15) is 6.04 Å². The van der Waals surface area contributed by atoms with Crippen LogP contribution in [0.1, 0.15) is 32.1 Å². The summed E-state index contributed by atoms with van der Waals surface area (Å²) in [6, 6.07) is -0.915. The Kier molecular flexibility index (Phi) is 3.96. The molecule has 2 saturated heterocycles. The Labute approximate surface area is 106 Å². The molecule has 2 aliphatic rings. The third-order valence-electron chi connectivity index (χ3n) is 3.57. The van der Waals surface area contributed by atoms with Gasteiger partial charge >= 0.3 is 0 Å². The van der Waals surface area contributed by atoms with E-state index in [1.54, 1.807) is 0 Å². The average Bonchev–Trinajstić information content (AvgIpc) is 2.59. The fourth-order valence-electron chi connectivity index (χ4n) is 2.39. The minimum absolute atomic E-state index is 0.0772. The van der Waals surface area contributed by atoms with Crippen molar-refractivity contribution in [2.45, 2.75) is 44.2 Å². The zero-order valence-electron chi connectivity index (χ0n) is 10.6. The van der Waals surface area contributed by atoms with E-state index in [0.717, 1.165) is 37.1 Å². The van der Waals surface area contributed by atoms with Crippen LogP contribution in [0.4, 0.5) is 0 Å². The molecular weight excluding hydrogens is 234 g/mol. The number of rotatable bonds is 2. The summed E-state index contributed by atoms with van der Waals surface area (Å²) in [6.07, 6.45) is 4.08. The predicted octanol–water partition coefficient (Wildman–Crippen LogP) is -0.608. The van der Waals surface area contributed by atoms with Crippen LogP contribution in [0, 0.1) is 0 Å². The topological polar surface area (TPSA) is 78.5 Å². The maximum absolute atomic E-state index is 12.0. The highest BCUT2D eigenvalue weighted by molar-refractivity contribution is 6.06. The number of nitrogens with one attached hydrogen (secondary N) is 2. The third-order valence-corrected chi connectivity index (χ3v) is 3.57. The van der Waals surface area contributed by atoms with Crippen LogP contribution < -0.4 is 10.6 Å². The summed E-state index contributed by atoms with van der Waals surface area (Å²) >= 11 is 0. The van der Waals surface area contributed by atoms with E-state index in [1.165, 1.54) is 7.05 Å². The van der Waals surface area contributed by atoms with Crippen LogP contribution in [0.3, 0.4) is 0 Å². The Bertz CT molecular complexity index is 362. The molecule has 2 fully saturated rings. The highest BCUT2D eigenvalue weighted by atomic mass is 16.2. The lowest BCUT2D eigenvalue weighted by Gasteiger charge is -2.18. The van der Waals surface area contributed by atoms with E-state index < -0.39 is 6.04 Å². The van der Waals surface area contributed by atoms with Gasteiger partial charge in [-0.25, -0.2) is 0 Å². The van der Waals surface area contributed by atoms with Gasteiger partial charge in [0.15, 0.2) is 0 Å². The number of nitrogens with zero attached hydrogens (tertiary/aromatic N) is 1. The van der Waals surface area contributed by atoms with Gasteiger partial charge in [-0.1, -0.05) is 12.8 Å². The Balaban J connectivity index is 1.91. The summed E-state index contributed by atoms with van der Waals surface area (Å²) in [7, 11) is 1.45. The molecule has 0 spiro atoms. The van der Waals surface area contributed by atoms with E-state index in [1.807, 2.05) is 0 Å². The standard InChI is InChI=1S/C12H19N3O3/c1-15-10(16)7-9(12(15)18)14-11(17)8-5-3-2-4-6-13-8/h8-9,13H,2-7H2,1H3,(H,14,17). The minimum Gasteiger partial charge on any atom is -0.342 e. The van der Waals surface area contributed by atoms with Gasteiger partial charge in [-0.3, -0.25) is 19.3 Å². The molecule has 2 atom stereocenters. The van der Waals surface area contributed by atoms with Crippen LogP contribution in [0.2, 0.25) is 0 Å². The maximum atomic E-state index is 12.0. The molecule has 0 aliphatic carbocycles. The molecule has 0 aromatic heterocycles. The van der Waals surface area contributed by atoms with Gasteiger partial charge in [-0.15, -0.1) is 0 Å². The number of likely N-dealkylation sites (N-methyl/N-ethyl adjacent to an activating group) is 1. The first-order chi connectivity index (χ1) is 8.59. The quantitative estimate of drug-likeness (QED) is 0.644. The van der Waals surface area contributed by atoms with Crippen molar-refractivity contribution < 1.29 is 14.4 Å². The van der Waals surface area contributed by atoms with Crippen LogP contribution in [0.15, 0.2) is 0 Å². The number of imide groups is 1. The molecule has 18 heavy (non-hydrogen) atoms. The number of hydrogen-bond acceptors (Lipinski definition) is 4. The second kappa shape index (κ2) is 5.48. The predicted molar refractivity (Wildman–Crippen MR) is 64.6 cm³/mol. The summed E-state index contributed by atoms with van der Waals surface area (Å²) < 4.78 is 0. The van der Waals surface area contributed by atoms with Gasteiger partial charge in [-0.2, -0.15) is 0 Å². The summed E-state index contributed by atoms with van der Waals surface area (Å²) in [5.41, 5.74) is 0. The molecule has 2 unspecified atom stereocenters. The first kappa shape index (κ1) is 13.0. The second-order valence-corrected chi connectivity index (χ2v) is 4.91. The first-order valence-electron chi connectivity index (χ1n) is 6.44. The van der Waals surface area contributed by atoms with Crippen LogP contribution >= 0.6 is 0 Å². The zero-order valence-corrected chi connectivity index (χ0v) is 10.6. The van der Waals surface area contributed by atoms with Crippen molar-refractivity contribution in [1.29, 1.82) is 0 Å². The summed E-state index contributed by atoms with van der Waals surface area (Å²) in [6.45, 7) is 0.829. The SMILES string of the molecule is CN1C(=O)CC(NC(=O)C2CCCCCN2)C1=O. The monoisotopic (exact) mass is 253 g/mol. The molecule has 100 valence electrons. The molecule has 2 N–H and O–H groups in total. The average molecular weight is 253 g/mol. The molecule has 2 rings (SSSR count). The van der Waals surface area contributed by atoms with Gasteiger partial charge in [0, 0.05) is 7.05 Å². The van der Waals surface area contributed by atoms with Crippen molar-refractivity contribution in [1.82, 2.24) is 15.5 Å². The lowest BCUT2D eigenvalue weighted by Crippen LogP contribution is -2.49. The summed E-state index contributed by atoms with van der Waals surface area (Å²) in [4.78, 5) is 36.1. The third kappa shape index (κ3) is 2.69. The van der Waals surface area contributed by atoms with Crippen molar-refractivity contribution in [2.24, 2.45) is 0 Å². The Morgan fingerprint density at radius 3 is 2.78 bits per heavy atom. The molecule has 2 aliphatic heterocycles. The van der Waals surface area contributed by atoms with Crippen molar-refractivity contribution in [3.8, 4) is 0 Å². The van der Waals surface area contributed by atoms with E-state index in [9.17, 15) is 14.4 Å². The number of carbonyl (C=O) groups is 3. The van der Waals surface area contributed by atoms with Gasteiger partial charge in [-0.05, 0) is 19.4 Å². The number of amides is 3. The van der Waals surface area contributed by atoms with E-state index in [0.29, 0.717) is 0 Å². The number of carbonyl (C=O) groups excluding carboxylic acids is 3. The number of likely N-dealkylation sites (tertiary alicyclic amines) is 1. The van der Waals surface area contributed by atoms with E-state index >= 15 is 0 Å². The largest absolute Gasteiger partial charge is 0.342 e. The first-order valence-corrected chi connectivity index (χ1v) is 6.44. The molecule has 2 heterocycles. The molecule has 0 aromatic rings. The molecule has 6 heteroatoms. The second-order valence-electron chi connectivity index (χ2n) is 4.91. The molecule has 0 bridgehead atoms. The van der Waals surface area contributed by atoms with Gasteiger partial charge < -0.3 is 10.6 Å². The minimum atomic E-state index is -0.681. The van der Waals surface area contributed by atoms with Crippen molar-refractivity contribution in [2.75, 3.05) is 13.6 Å². The van der Waals surface area contributed by atoms with Crippen molar-refractivity contribution in [3.63, 3.8) is 0 Å². The van der Waals surface area contributed by atoms with Crippen LogP contribution in [-0.4, -0.2) is 48.3 Å². The van der Waals surface area contributed by atoms with Gasteiger partial charge in [0.2, 0.25) is 11.8 Å². The van der Waals surface area contributed by atoms with Gasteiger partial charge in [0.25, 0.3) is 5.91 Å². The smallest absolute Gasteiger partial charge is 0.252 e. The zero-order chi connectivity index (χ0) is 13.1. The Morgan fingerprint density at radius 1 is 1.33 bits per heavy atom. The molecule has 0 radical (unpaired) electrons. The van der Waals surface area contributed by atoms with Gasteiger partial charge in [0.05, 0.1) is 12.5 Å². The lowest BCUT2D eigenvalue weighted by molar-refractivity contribution is -0.138. The normalized spacial score (nSPS) is 29.3. The van der Waals surface area contributed by atoms with E-state index in [-0.39, 0.29) is 30.2 Å². The molecule has 6 nitrogen and oxygen atoms in total. The maximum Gasteiger partial charge on any atom is 0.252 e. The molecule has 0 aromatic carbocycles. The Hall–Kier alpha value is -1.43. The van der Waals surface area contributed by atoms with E-state index in [4.69, 9.17) is 0 Å².